The van der Waals surface area contributed by atoms with Crippen LogP contribution in [0.15, 0.2) is 36.5 Å². The lowest BCUT2D eigenvalue weighted by Crippen LogP contribution is -2.50. The zero-order valence-corrected chi connectivity index (χ0v) is 12.6. The summed E-state index contributed by atoms with van der Waals surface area (Å²) in [4.78, 5) is 20.3. The van der Waals surface area contributed by atoms with Crippen LogP contribution in [0.4, 0.5) is 5.95 Å². The topological polar surface area (TPSA) is 94.6 Å². The van der Waals surface area contributed by atoms with E-state index in [0.29, 0.717) is 17.4 Å². The lowest BCUT2D eigenvalue weighted by atomic mass is 10.1. The van der Waals surface area contributed by atoms with Crippen molar-refractivity contribution in [3.05, 3.63) is 36.5 Å². The zero-order valence-electron chi connectivity index (χ0n) is 12.6. The molecular formula is C15H16N4O4. The molecule has 8 heteroatoms. The maximum Gasteiger partial charge on any atom is 0.283 e. The summed E-state index contributed by atoms with van der Waals surface area (Å²) in [6.07, 6.45) is 0.292. The Bertz CT molecular complexity index is 709. The highest BCUT2D eigenvalue weighted by Gasteiger charge is 2.34. The van der Waals surface area contributed by atoms with Crippen LogP contribution in [-0.2, 0) is 4.79 Å². The summed E-state index contributed by atoms with van der Waals surface area (Å²) in [5.74, 6) is 1.36. The second-order valence-electron chi connectivity index (χ2n) is 4.85. The Morgan fingerprint density at radius 1 is 1.22 bits per heavy atom. The predicted molar refractivity (Wildman–Crippen MR) is 81.3 cm³/mol. The van der Waals surface area contributed by atoms with Crippen LogP contribution in [-0.4, -0.2) is 35.2 Å². The van der Waals surface area contributed by atoms with Crippen molar-refractivity contribution in [2.75, 3.05) is 12.5 Å². The van der Waals surface area contributed by atoms with E-state index in [9.17, 15) is 4.79 Å². The lowest BCUT2D eigenvalue weighted by molar-refractivity contribution is -0.132. The molecule has 0 bridgehead atoms. The number of anilines is 1. The Morgan fingerprint density at radius 2 is 1.96 bits per heavy atom. The van der Waals surface area contributed by atoms with Gasteiger partial charge in [-0.2, -0.15) is 4.98 Å². The Hall–Kier alpha value is -3.03. The third kappa shape index (κ3) is 3.25. The standard InChI is InChI=1S/C15H16N4O4/c1-9-13(23-11-6-4-3-5-10(11)22-9)14(20)18-19-15-16-8-7-12(17-15)21-2/h3-9,13H,1-2H3,(H,18,20)(H,16,17,19)/t9-,13+/m0/s1. The number of ether oxygens (including phenoxy) is 3. The van der Waals surface area contributed by atoms with Crippen molar-refractivity contribution < 1.29 is 19.0 Å². The molecule has 2 heterocycles. The number of carbonyl (C=O) groups is 1. The quantitative estimate of drug-likeness (QED) is 0.817. The number of aromatic nitrogens is 2. The smallest absolute Gasteiger partial charge is 0.283 e. The molecule has 1 amide bonds. The van der Waals surface area contributed by atoms with E-state index in [-0.39, 0.29) is 5.95 Å². The summed E-state index contributed by atoms with van der Waals surface area (Å²) < 4.78 is 16.4. The summed E-state index contributed by atoms with van der Waals surface area (Å²) >= 11 is 0. The van der Waals surface area contributed by atoms with Crippen molar-refractivity contribution in [3.8, 4) is 17.4 Å². The summed E-state index contributed by atoms with van der Waals surface area (Å²) in [5, 5.41) is 0. The van der Waals surface area contributed by atoms with E-state index in [1.54, 1.807) is 25.1 Å². The van der Waals surface area contributed by atoms with E-state index < -0.39 is 18.1 Å². The molecule has 1 aromatic heterocycles. The van der Waals surface area contributed by atoms with E-state index in [1.165, 1.54) is 13.3 Å². The van der Waals surface area contributed by atoms with Gasteiger partial charge >= 0.3 is 0 Å². The van der Waals surface area contributed by atoms with Crippen LogP contribution in [0.2, 0.25) is 0 Å². The number of para-hydroxylation sites is 2. The highest BCUT2D eigenvalue weighted by Crippen LogP contribution is 2.33. The highest BCUT2D eigenvalue weighted by atomic mass is 16.6. The Morgan fingerprint density at radius 3 is 2.70 bits per heavy atom. The van der Waals surface area contributed by atoms with Crippen molar-refractivity contribution in [1.82, 2.24) is 15.4 Å². The van der Waals surface area contributed by atoms with Gasteiger partial charge in [0.05, 0.1) is 7.11 Å². The fraction of sp³-hybridized carbons (Fsp3) is 0.267. The van der Waals surface area contributed by atoms with Gasteiger partial charge in [-0.05, 0) is 19.1 Å². The molecule has 8 nitrogen and oxygen atoms in total. The van der Waals surface area contributed by atoms with E-state index in [1.807, 2.05) is 12.1 Å². The van der Waals surface area contributed by atoms with E-state index in [4.69, 9.17) is 14.2 Å². The first-order chi connectivity index (χ1) is 11.2. The molecule has 0 unspecified atom stereocenters. The number of rotatable bonds is 4. The molecule has 120 valence electrons. The Kier molecular flexibility index (Phi) is 4.13. The van der Waals surface area contributed by atoms with Gasteiger partial charge in [-0.15, -0.1) is 0 Å². The van der Waals surface area contributed by atoms with Gasteiger partial charge in [-0.1, -0.05) is 12.1 Å². The number of benzene rings is 1. The van der Waals surface area contributed by atoms with Crippen molar-refractivity contribution in [2.45, 2.75) is 19.1 Å². The maximum atomic E-state index is 12.3. The molecule has 1 aliphatic heterocycles. The predicted octanol–water partition coefficient (Wildman–Crippen LogP) is 1.16. The number of hydrogen-bond donors (Lipinski definition) is 2. The third-order valence-corrected chi connectivity index (χ3v) is 3.24. The summed E-state index contributed by atoms with van der Waals surface area (Å²) in [5.41, 5.74) is 5.13. The van der Waals surface area contributed by atoms with E-state index >= 15 is 0 Å². The number of carbonyl (C=O) groups excluding carboxylic acids is 1. The number of nitrogens with zero attached hydrogens (tertiary/aromatic N) is 2. The highest BCUT2D eigenvalue weighted by molar-refractivity contribution is 5.83. The van der Waals surface area contributed by atoms with Crippen LogP contribution in [0.5, 0.6) is 17.4 Å². The van der Waals surface area contributed by atoms with Gasteiger partial charge < -0.3 is 14.2 Å². The molecule has 0 radical (unpaired) electrons. The second kappa shape index (κ2) is 6.39. The number of hydrogen-bond acceptors (Lipinski definition) is 7. The van der Waals surface area contributed by atoms with Crippen LogP contribution >= 0.6 is 0 Å². The molecule has 3 rings (SSSR count). The minimum absolute atomic E-state index is 0.211. The van der Waals surface area contributed by atoms with E-state index in [0.717, 1.165) is 0 Å². The van der Waals surface area contributed by atoms with Crippen LogP contribution in [0, 0.1) is 0 Å². The fourth-order valence-electron chi connectivity index (χ4n) is 2.11. The van der Waals surface area contributed by atoms with Crippen molar-refractivity contribution in [2.24, 2.45) is 0 Å². The van der Waals surface area contributed by atoms with Crippen LogP contribution in [0.1, 0.15) is 6.92 Å². The minimum Gasteiger partial charge on any atom is -0.482 e. The fourth-order valence-corrected chi connectivity index (χ4v) is 2.11. The molecule has 2 aromatic rings. The molecule has 1 aliphatic rings. The Labute approximate surface area is 132 Å². The molecule has 0 spiro atoms. The molecule has 0 aliphatic carbocycles. The third-order valence-electron chi connectivity index (χ3n) is 3.24. The first-order valence-corrected chi connectivity index (χ1v) is 7.02. The maximum absolute atomic E-state index is 12.3. The monoisotopic (exact) mass is 316 g/mol. The molecule has 0 saturated heterocycles. The van der Waals surface area contributed by atoms with Gasteiger partial charge in [0.15, 0.2) is 11.5 Å². The number of methoxy groups -OCH3 is 1. The molecule has 2 N–H and O–H groups in total. The van der Waals surface area contributed by atoms with E-state index in [2.05, 4.69) is 20.8 Å². The summed E-state index contributed by atoms with van der Waals surface area (Å²) in [6, 6.07) is 8.80. The van der Waals surface area contributed by atoms with Gasteiger partial charge in [0, 0.05) is 12.3 Å². The average molecular weight is 316 g/mol. The molecule has 0 saturated carbocycles. The van der Waals surface area contributed by atoms with Gasteiger partial charge in [0.2, 0.25) is 17.9 Å². The molecule has 1 aromatic carbocycles. The van der Waals surface area contributed by atoms with Crippen LogP contribution < -0.4 is 25.1 Å². The normalized spacial score (nSPS) is 18.9. The zero-order chi connectivity index (χ0) is 16.2. The first-order valence-electron chi connectivity index (χ1n) is 7.02. The average Bonchev–Trinajstić information content (AvgIpc) is 2.59. The van der Waals surface area contributed by atoms with Gasteiger partial charge in [-0.3, -0.25) is 15.6 Å². The van der Waals surface area contributed by atoms with Gasteiger partial charge in [0.25, 0.3) is 5.91 Å². The SMILES string of the molecule is COc1ccnc(NNC(=O)[C@@H]2Oc3ccccc3O[C@H]2C)n1. The molecule has 2 atom stereocenters. The molecule has 23 heavy (non-hydrogen) atoms. The summed E-state index contributed by atoms with van der Waals surface area (Å²) in [7, 11) is 1.50. The number of fused-ring (bicyclic) bond motifs is 1. The first kappa shape index (κ1) is 14.9. The molecule has 0 fully saturated rings. The van der Waals surface area contributed by atoms with Gasteiger partial charge in [0.1, 0.15) is 6.10 Å². The van der Waals surface area contributed by atoms with Crippen LogP contribution in [0.3, 0.4) is 0 Å². The second-order valence-corrected chi connectivity index (χ2v) is 4.85. The van der Waals surface area contributed by atoms with Crippen LogP contribution in [0.25, 0.3) is 0 Å². The lowest BCUT2D eigenvalue weighted by Gasteiger charge is -2.30. The largest absolute Gasteiger partial charge is 0.482 e. The van der Waals surface area contributed by atoms with Crippen molar-refractivity contribution in [3.63, 3.8) is 0 Å². The van der Waals surface area contributed by atoms with Crippen molar-refractivity contribution in [1.29, 1.82) is 0 Å². The Balaban J connectivity index is 1.64. The number of amides is 1. The van der Waals surface area contributed by atoms with Gasteiger partial charge in [-0.25, -0.2) is 4.98 Å². The summed E-state index contributed by atoms with van der Waals surface area (Å²) in [6.45, 7) is 1.77. The minimum atomic E-state index is -0.789. The molecular weight excluding hydrogens is 300 g/mol. The van der Waals surface area contributed by atoms with Crippen molar-refractivity contribution >= 4 is 11.9 Å². The number of nitrogens with one attached hydrogen (secondary N) is 2. The number of hydrazine groups is 1.